The van der Waals surface area contributed by atoms with Gasteiger partial charge in [-0.3, -0.25) is 4.57 Å². The predicted molar refractivity (Wildman–Crippen MR) is 46.9 cm³/mol. The largest absolute Gasteiger partial charge is 0.344 e. The van der Waals surface area contributed by atoms with E-state index in [4.69, 9.17) is 9.69 Å². The number of hydrogen-bond acceptors (Lipinski definition) is 2. The highest BCUT2D eigenvalue weighted by atomic mass is 31.2. The summed E-state index contributed by atoms with van der Waals surface area (Å²) in [6.07, 6.45) is 0.382. The van der Waals surface area contributed by atoms with Crippen LogP contribution in [0, 0.1) is 0 Å². The molecule has 1 N–H and O–H groups in total. The Morgan fingerprint density at radius 3 is 1.50 bits per heavy atom. The van der Waals surface area contributed by atoms with E-state index in [-0.39, 0.29) is 14.9 Å². The highest BCUT2D eigenvalue weighted by molar-refractivity contribution is 7.57. The van der Waals surface area contributed by atoms with Crippen LogP contribution >= 0.6 is 7.37 Å². The Kier molecular flexibility index (Phi) is 26.2. The molecule has 0 aromatic heterocycles. The Morgan fingerprint density at radius 1 is 1.40 bits per heavy atom. The molecule has 0 radical (unpaired) electrons. The molecule has 0 aliphatic carbocycles. The van der Waals surface area contributed by atoms with Gasteiger partial charge < -0.3 is 9.69 Å². The minimum Gasteiger partial charge on any atom is -0.344 e. The van der Waals surface area contributed by atoms with Gasteiger partial charge in [-0.2, -0.15) is 0 Å². The minimum atomic E-state index is -2.65. The average molecular weight is 170 g/mol. The number of carbonyl (C=O) groups excluding carboxylic acids is 1. The summed E-state index contributed by atoms with van der Waals surface area (Å²) in [5, 5.41) is 0. The molecule has 0 amide bonds. The van der Waals surface area contributed by atoms with Crippen molar-refractivity contribution in [3.8, 4) is 0 Å². The van der Waals surface area contributed by atoms with E-state index in [0.717, 1.165) is 0 Å². The topological polar surface area (TPSA) is 54.4 Å². The van der Waals surface area contributed by atoms with E-state index in [9.17, 15) is 4.57 Å². The fourth-order valence-corrected chi connectivity index (χ4v) is 0. The van der Waals surface area contributed by atoms with Crippen LogP contribution in [0.3, 0.4) is 0 Å². The van der Waals surface area contributed by atoms with E-state index in [2.05, 4.69) is 0 Å². The molecule has 66 valence electrons. The van der Waals surface area contributed by atoms with Crippen LogP contribution in [0.1, 0.15) is 21.8 Å². The first-order chi connectivity index (χ1) is 3.56. The van der Waals surface area contributed by atoms with Crippen LogP contribution in [0.5, 0.6) is 0 Å². The normalized spacial score (nSPS) is 12.3. The first kappa shape index (κ1) is 22.5. The molecule has 0 heterocycles. The second-order valence-electron chi connectivity index (χ2n) is 1.37. The zero-order valence-corrected chi connectivity index (χ0v) is 6.02. The second-order valence-corrected chi connectivity index (χ2v) is 4.10. The lowest BCUT2D eigenvalue weighted by molar-refractivity contribution is -0.0979. The van der Waals surface area contributed by atoms with Gasteiger partial charge in [-0.15, -0.1) is 0 Å². The Balaban J connectivity index is -0.0000000412. The molecule has 0 aromatic rings. The van der Waals surface area contributed by atoms with Crippen LogP contribution in [0.25, 0.3) is 0 Å². The monoisotopic (exact) mass is 170 g/mol. The third-order valence-corrected chi connectivity index (χ3v) is 1.76. The van der Waals surface area contributed by atoms with Crippen LogP contribution in [-0.4, -0.2) is 24.5 Å². The molecule has 3 nitrogen and oxygen atoms in total. The van der Waals surface area contributed by atoms with Gasteiger partial charge in [0.15, 0.2) is 7.37 Å². The van der Waals surface area contributed by atoms with E-state index in [1.807, 2.05) is 6.79 Å². The highest BCUT2D eigenvalue weighted by Gasteiger charge is 2.01. The maximum atomic E-state index is 10.1. The summed E-state index contributed by atoms with van der Waals surface area (Å²) in [7, 11) is -2.65. The Morgan fingerprint density at radius 2 is 1.50 bits per heavy atom. The molecule has 0 saturated heterocycles. The van der Waals surface area contributed by atoms with Gasteiger partial charge in [-0.25, -0.2) is 0 Å². The van der Waals surface area contributed by atoms with Crippen molar-refractivity contribution in [2.24, 2.45) is 0 Å². The van der Waals surface area contributed by atoms with Gasteiger partial charge in [-0.1, -0.05) is 21.8 Å². The van der Waals surface area contributed by atoms with Crippen molar-refractivity contribution in [3.05, 3.63) is 0 Å². The molecule has 1 atom stereocenters. The van der Waals surface area contributed by atoms with Gasteiger partial charge in [0.1, 0.15) is 6.79 Å². The second kappa shape index (κ2) is 11.6. The van der Waals surface area contributed by atoms with E-state index >= 15 is 0 Å². The van der Waals surface area contributed by atoms with Gasteiger partial charge in [0.05, 0.1) is 0 Å². The average Bonchev–Trinajstić information content (AvgIpc) is 1.71. The van der Waals surface area contributed by atoms with Crippen molar-refractivity contribution in [2.75, 3.05) is 12.8 Å². The third kappa shape index (κ3) is 45.2. The first-order valence-corrected chi connectivity index (χ1v) is 4.43. The Bertz CT molecular complexity index is 87.0. The van der Waals surface area contributed by atoms with Gasteiger partial charge in [0.2, 0.25) is 0 Å². The summed E-state index contributed by atoms with van der Waals surface area (Å²) in [4.78, 5) is 16.4. The van der Waals surface area contributed by atoms with Crippen LogP contribution in [0.2, 0.25) is 0 Å². The lowest BCUT2D eigenvalue weighted by Crippen LogP contribution is -1.75. The molecule has 0 bridgehead atoms. The standard InChI is InChI=1S/C3H9O2P.CH2O.2CH4/c1-3-6(2,4)5;1-2;;/h3H2,1-2H3,(H,4,5);1H2;2*1H4. The van der Waals surface area contributed by atoms with Crippen molar-refractivity contribution >= 4 is 14.2 Å². The Hall–Kier alpha value is -0.140. The minimum absolute atomic E-state index is 0. The molecular formula is C6H19O3P. The molecule has 0 aliphatic heterocycles. The van der Waals surface area contributed by atoms with Gasteiger partial charge in [-0.05, 0) is 0 Å². The SMILES string of the molecule is C.C.C=O.CCP(C)(=O)O. The van der Waals surface area contributed by atoms with Gasteiger partial charge in [0.25, 0.3) is 0 Å². The van der Waals surface area contributed by atoms with Crippen LogP contribution in [0.4, 0.5) is 0 Å². The van der Waals surface area contributed by atoms with Crippen molar-refractivity contribution in [3.63, 3.8) is 0 Å². The van der Waals surface area contributed by atoms with Crippen molar-refractivity contribution in [2.45, 2.75) is 21.8 Å². The number of rotatable bonds is 1. The first-order valence-electron chi connectivity index (χ1n) is 2.14. The maximum absolute atomic E-state index is 10.1. The van der Waals surface area contributed by atoms with Crippen LogP contribution < -0.4 is 0 Å². The van der Waals surface area contributed by atoms with Crippen LogP contribution in [0.15, 0.2) is 0 Å². The van der Waals surface area contributed by atoms with Gasteiger partial charge in [0, 0.05) is 12.8 Å². The third-order valence-electron chi connectivity index (χ3n) is 0.587. The van der Waals surface area contributed by atoms with E-state index < -0.39 is 7.37 Å². The molecule has 0 spiro atoms. The zero-order valence-electron chi connectivity index (χ0n) is 5.13. The van der Waals surface area contributed by atoms with E-state index in [1.54, 1.807) is 6.92 Å². The number of hydrogen-bond donors (Lipinski definition) is 1. The zero-order chi connectivity index (χ0) is 7.21. The molecule has 0 fully saturated rings. The fraction of sp³-hybridized carbons (Fsp3) is 0.833. The smallest absolute Gasteiger partial charge is 0.197 e. The molecule has 1 unspecified atom stereocenters. The van der Waals surface area contributed by atoms with Crippen LogP contribution in [-0.2, 0) is 9.36 Å². The number of carbonyl (C=O) groups is 1. The molecule has 10 heavy (non-hydrogen) atoms. The molecule has 0 saturated carbocycles. The molecule has 0 aliphatic rings. The predicted octanol–water partition coefficient (Wildman–Crippen LogP) is 1.99. The molecule has 0 aromatic carbocycles. The summed E-state index contributed by atoms with van der Waals surface area (Å²) in [5.74, 6) is 0. The lowest BCUT2D eigenvalue weighted by atomic mass is 11.0. The molecule has 4 heteroatoms. The van der Waals surface area contributed by atoms with Crippen molar-refractivity contribution < 1.29 is 14.3 Å². The van der Waals surface area contributed by atoms with Crippen molar-refractivity contribution in [1.82, 2.24) is 0 Å². The quantitative estimate of drug-likeness (QED) is 0.612. The fourth-order valence-electron chi connectivity index (χ4n) is 0. The summed E-state index contributed by atoms with van der Waals surface area (Å²) >= 11 is 0. The Labute approximate surface area is 63.9 Å². The maximum Gasteiger partial charge on any atom is 0.197 e. The molecule has 0 rings (SSSR count). The van der Waals surface area contributed by atoms with E-state index in [1.165, 1.54) is 6.66 Å². The van der Waals surface area contributed by atoms with E-state index in [0.29, 0.717) is 6.16 Å². The van der Waals surface area contributed by atoms with Crippen molar-refractivity contribution in [1.29, 1.82) is 0 Å². The van der Waals surface area contributed by atoms with Gasteiger partial charge >= 0.3 is 0 Å². The summed E-state index contributed by atoms with van der Waals surface area (Å²) in [6.45, 7) is 5.05. The summed E-state index contributed by atoms with van der Waals surface area (Å²) < 4.78 is 10.1. The summed E-state index contributed by atoms with van der Waals surface area (Å²) in [5.41, 5.74) is 0. The molecular weight excluding hydrogens is 151 g/mol. The summed E-state index contributed by atoms with van der Waals surface area (Å²) in [6, 6.07) is 0. The highest BCUT2D eigenvalue weighted by Crippen LogP contribution is 2.33. The lowest BCUT2D eigenvalue weighted by Gasteiger charge is -1.94.